The van der Waals surface area contributed by atoms with E-state index in [0.717, 1.165) is 38.0 Å². The van der Waals surface area contributed by atoms with Crippen molar-refractivity contribution < 1.29 is 9.53 Å². The highest BCUT2D eigenvalue weighted by molar-refractivity contribution is 6.00. The van der Waals surface area contributed by atoms with Crippen LogP contribution >= 0.6 is 0 Å². The summed E-state index contributed by atoms with van der Waals surface area (Å²) < 4.78 is 5.33. The number of carbonyl (C=O) groups is 1. The molecule has 1 aromatic carbocycles. The molecule has 5 heteroatoms. The van der Waals surface area contributed by atoms with E-state index in [9.17, 15) is 4.79 Å². The molecule has 0 unspecified atom stereocenters. The summed E-state index contributed by atoms with van der Waals surface area (Å²) in [5.41, 5.74) is 8.26. The monoisotopic (exact) mass is 339 g/mol. The van der Waals surface area contributed by atoms with E-state index in [1.807, 2.05) is 24.3 Å². The van der Waals surface area contributed by atoms with Crippen molar-refractivity contribution in [3.63, 3.8) is 0 Å². The number of aromatic nitrogens is 1. The molecule has 0 spiro atoms. The summed E-state index contributed by atoms with van der Waals surface area (Å²) in [5.74, 6) is 1.28. The summed E-state index contributed by atoms with van der Waals surface area (Å²) in [4.78, 5) is 19.1. The minimum atomic E-state index is 0.158. The number of piperidine rings is 1. The number of nitrogens with zero attached hydrogens (tertiary/aromatic N) is 2. The highest BCUT2D eigenvalue weighted by Crippen LogP contribution is 2.26. The summed E-state index contributed by atoms with van der Waals surface area (Å²) in [6.07, 6.45) is 4.38. The maximum absolute atomic E-state index is 12.5. The van der Waals surface area contributed by atoms with Gasteiger partial charge in [-0.1, -0.05) is 18.2 Å². The van der Waals surface area contributed by atoms with Gasteiger partial charge in [0, 0.05) is 36.0 Å². The van der Waals surface area contributed by atoms with Crippen molar-refractivity contribution in [3.05, 3.63) is 53.7 Å². The quantitative estimate of drug-likeness (QED) is 0.647. The number of carbonyl (C=O) groups excluding carboxylic acids is 1. The maximum atomic E-state index is 12.5. The largest absolute Gasteiger partial charge is 0.481 e. The number of nitrogens with two attached hydrogens (primary N) is 1. The Kier molecular flexibility index (Phi) is 5.66. The van der Waals surface area contributed by atoms with Gasteiger partial charge in [-0.15, -0.1) is 0 Å². The Labute approximate surface area is 148 Å². The molecule has 25 heavy (non-hydrogen) atoms. The molecule has 2 N–H and O–H groups in total. The fraction of sp³-hybridized carbons (Fsp3) is 0.400. The number of ether oxygens (including phenoxy) is 1. The molecule has 1 saturated heterocycles. The number of para-hydroxylation sites is 1. The third-order valence-electron chi connectivity index (χ3n) is 4.88. The van der Waals surface area contributed by atoms with Crippen molar-refractivity contribution >= 4 is 11.5 Å². The normalized spacial score (nSPS) is 15.9. The lowest BCUT2D eigenvalue weighted by molar-refractivity contribution is 0.0925. The minimum Gasteiger partial charge on any atom is -0.481 e. The van der Waals surface area contributed by atoms with Crippen LogP contribution in [0, 0.1) is 5.92 Å². The van der Waals surface area contributed by atoms with Crippen LogP contribution in [0.3, 0.4) is 0 Å². The van der Waals surface area contributed by atoms with Crippen LogP contribution in [0.2, 0.25) is 0 Å². The third kappa shape index (κ3) is 4.37. The zero-order valence-electron chi connectivity index (χ0n) is 14.6. The van der Waals surface area contributed by atoms with E-state index in [1.54, 1.807) is 19.4 Å². The third-order valence-corrected chi connectivity index (χ3v) is 4.88. The summed E-state index contributed by atoms with van der Waals surface area (Å²) in [6.45, 7) is 2.81. The van der Waals surface area contributed by atoms with Crippen LogP contribution in [0.1, 0.15) is 35.2 Å². The molecule has 132 valence electrons. The molecule has 1 aromatic heterocycles. The molecule has 1 aliphatic heterocycles. The van der Waals surface area contributed by atoms with Crippen molar-refractivity contribution in [3.8, 4) is 5.88 Å². The SMILES string of the molecule is COc1ncccc1CN1CCC(CC(=O)c2ccccc2N)CC1. The predicted molar refractivity (Wildman–Crippen MR) is 98.6 cm³/mol. The van der Waals surface area contributed by atoms with Crippen LogP contribution in [0.4, 0.5) is 5.69 Å². The van der Waals surface area contributed by atoms with Crippen LogP contribution in [0.25, 0.3) is 0 Å². The first-order valence-corrected chi connectivity index (χ1v) is 8.75. The number of ketones is 1. The van der Waals surface area contributed by atoms with E-state index >= 15 is 0 Å². The lowest BCUT2D eigenvalue weighted by Crippen LogP contribution is -2.34. The molecular weight excluding hydrogens is 314 g/mol. The number of benzene rings is 1. The van der Waals surface area contributed by atoms with Crippen molar-refractivity contribution in [1.29, 1.82) is 0 Å². The molecule has 3 rings (SSSR count). The number of likely N-dealkylation sites (tertiary alicyclic amines) is 1. The van der Waals surface area contributed by atoms with Gasteiger partial charge in [-0.05, 0) is 50.0 Å². The molecule has 0 amide bonds. The van der Waals surface area contributed by atoms with Gasteiger partial charge in [0.25, 0.3) is 0 Å². The van der Waals surface area contributed by atoms with Gasteiger partial charge in [0.15, 0.2) is 5.78 Å². The van der Waals surface area contributed by atoms with E-state index in [2.05, 4.69) is 16.0 Å². The van der Waals surface area contributed by atoms with E-state index < -0.39 is 0 Å². The molecule has 0 bridgehead atoms. The fourth-order valence-corrected chi connectivity index (χ4v) is 3.44. The Hall–Kier alpha value is -2.40. The standard InChI is InChI=1S/C20H25N3O2/c1-25-20-16(5-4-10-22-20)14-23-11-8-15(9-12-23)13-19(24)17-6-2-3-7-18(17)21/h2-7,10,15H,8-9,11-14,21H2,1H3. The number of Topliss-reactive ketones (excluding diaryl/α,β-unsaturated/α-hetero) is 1. The Balaban J connectivity index is 1.52. The summed E-state index contributed by atoms with van der Waals surface area (Å²) >= 11 is 0. The number of hydrogen-bond acceptors (Lipinski definition) is 5. The zero-order chi connectivity index (χ0) is 17.6. The first kappa shape index (κ1) is 17.4. The lowest BCUT2D eigenvalue weighted by Gasteiger charge is -2.31. The topological polar surface area (TPSA) is 68.5 Å². The molecule has 5 nitrogen and oxygen atoms in total. The Morgan fingerprint density at radius 2 is 2.00 bits per heavy atom. The first-order valence-electron chi connectivity index (χ1n) is 8.75. The summed E-state index contributed by atoms with van der Waals surface area (Å²) in [7, 11) is 1.65. The van der Waals surface area contributed by atoms with Crippen LogP contribution in [0.5, 0.6) is 5.88 Å². The van der Waals surface area contributed by atoms with Crippen molar-refractivity contribution in [2.24, 2.45) is 5.92 Å². The molecule has 0 saturated carbocycles. The van der Waals surface area contributed by atoms with Crippen LogP contribution in [0.15, 0.2) is 42.6 Å². The summed E-state index contributed by atoms with van der Waals surface area (Å²) in [6, 6.07) is 11.3. The van der Waals surface area contributed by atoms with E-state index in [1.165, 1.54) is 0 Å². The van der Waals surface area contributed by atoms with Crippen LogP contribution < -0.4 is 10.5 Å². The van der Waals surface area contributed by atoms with Gasteiger partial charge in [-0.3, -0.25) is 9.69 Å². The van der Waals surface area contributed by atoms with Crippen molar-refractivity contribution in [2.45, 2.75) is 25.8 Å². The average molecular weight is 339 g/mol. The number of rotatable bonds is 6. The molecule has 1 aliphatic rings. The molecule has 2 aromatic rings. The van der Waals surface area contributed by atoms with E-state index in [0.29, 0.717) is 29.5 Å². The zero-order valence-corrected chi connectivity index (χ0v) is 14.6. The molecule has 1 fully saturated rings. The van der Waals surface area contributed by atoms with Gasteiger partial charge >= 0.3 is 0 Å². The van der Waals surface area contributed by atoms with Gasteiger partial charge in [0.1, 0.15) is 0 Å². The highest BCUT2D eigenvalue weighted by atomic mass is 16.5. The number of hydrogen-bond donors (Lipinski definition) is 1. The van der Waals surface area contributed by atoms with Gasteiger partial charge in [0.05, 0.1) is 7.11 Å². The van der Waals surface area contributed by atoms with Gasteiger partial charge < -0.3 is 10.5 Å². The van der Waals surface area contributed by atoms with Crippen molar-refractivity contribution in [1.82, 2.24) is 9.88 Å². The fourth-order valence-electron chi connectivity index (χ4n) is 3.44. The Morgan fingerprint density at radius 3 is 2.72 bits per heavy atom. The second-order valence-electron chi connectivity index (χ2n) is 6.61. The first-order chi connectivity index (χ1) is 12.2. The molecule has 0 aliphatic carbocycles. The molecule has 0 radical (unpaired) electrons. The van der Waals surface area contributed by atoms with E-state index in [-0.39, 0.29) is 5.78 Å². The molecule has 0 atom stereocenters. The number of pyridine rings is 1. The number of anilines is 1. The highest BCUT2D eigenvalue weighted by Gasteiger charge is 2.23. The second kappa shape index (κ2) is 8.12. The maximum Gasteiger partial charge on any atom is 0.217 e. The van der Waals surface area contributed by atoms with Crippen LogP contribution in [-0.4, -0.2) is 35.9 Å². The van der Waals surface area contributed by atoms with Crippen LogP contribution in [-0.2, 0) is 6.54 Å². The smallest absolute Gasteiger partial charge is 0.217 e. The van der Waals surface area contributed by atoms with Gasteiger partial charge in [-0.25, -0.2) is 4.98 Å². The second-order valence-corrected chi connectivity index (χ2v) is 6.61. The average Bonchev–Trinajstić information content (AvgIpc) is 2.64. The lowest BCUT2D eigenvalue weighted by atomic mass is 9.89. The Bertz CT molecular complexity index is 724. The number of methoxy groups -OCH3 is 1. The predicted octanol–water partition coefficient (Wildman–Crippen LogP) is 3.16. The van der Waals surface area contributed by atoms with Gasteiger partial charge in [-0.2, -0.15) is 0 Å². The molecular formula is C20H25N3O2. The number of nitrogen functional groups attached to an aromatic ring is 1. The van der Waals surface area contributed by atoms with Gasteiger partial charge in [0.2, 0.25) is 5.88 Å². The minimum absolute atomic E-state index is 0.158. The Morgan fingerprint density at radius 1 is 1.24 bits per heavy atom. The summed E-state index contributed by atoms with van der Waals surface area (Å²) in [5, 5.41) is 0. The van der Waals surface area contributed by atoms with E-state index in [4.69, 9.17) is 10.5 Å². The van der Waals surface area contributed by atoms with Crippen molar-refractivity contribution in [2.75, 3.05) is 25.9 Å². The molecule has 2 heterocycles.